The molecular weight excluding hydrogens is 308 g/mol. The van der Waals surface area contributed by atoms with Crippen LogP contribution in [0.15, 0.2) is 39.5 Å². The van der Waals surface area contributed by atoms with Crippen LogP contribution >= 0.6 is 0 Å². The number of aromatic nitrogens is 3. The predicted octanol–water partition coefficient (Wildman–Crippen LogP) is 2.77. The third kappa shape index (κ3) is 3.46. The first-order valence-electron chi connectivity index (χ1n) is 7.73. The summed E-state index contributed by atoms with van der Waals surface area (Å²) in [4.78, 5) is 8.84. The van der Waals surface area contributed by atoms with Crippen LogP contribution in [0.4, 0.5) is 0 Å². The zero-order valence-electron chi connectivity index (χ0n) is 13.9. The molecule has 24 heavy (non-hydrogen) atoms. The zero-order chi connectivity index (χ0) is 17.1. The second-order valence-corrected chi connectivity index (χ2v) is 5.75. The molecule has 0 aliphatic carbocycles. The molecule has 2 aromatic heterocycles. The summed E-state index contributed by atoms with van der Waals surface area (Å²) in [7, 11) is 1.63. The van der Waals surface area contributed by atoms with Gasteiger partial charge in [0.25, 0.3) is 0 Å². The molecular formula is C17H20N4O3. The van der Waals surface area contributed by atoms with E-state index in [2.05, 4.69) is 15.1 Å². The van der Waals surface area contributed by atoms with Crippen molar-refractivity contribution in [3.8, 4) is 17.2 Å². The summed E-state index contributed by atoms with van der Waals surface area (Å²) in [6.45, 7) is 3.87. The standard InChI is InChI=1S/C17H20N4O3/c1-10(11(2)18)16-20-15(21-24-16)8-13-9-23-17(19-13)12-4-6-14(22-3)7-5-12/h4-7,9-11H,8,18H2,1-3H3. The summed E-state index contributed by atoms with van der Waals surface area (Å²) in [5, 5.41) is 3.98. The number of ether oxygens (including phenoxy) is 1. The van der Waals surface area contributed by atoms with Crippen LogP contribution in [0.5, 0.6) is 5.75 Å². The summed E-state index contributed by atoms with van der Waals surface area (Å²) < 4.78 is 15.9. The number of hydrogen-bond acceptors (Lipinski definition) is 7. The van der Waals surface area contributed by atoms with Crippen molar-refractivity contribution in [2.45, 2.75) is 32.2 Å². The fourth-order valence-corrected chi connectivity index (χ4v) is 2.17. The molecule has 0 fully saturated rings. The molecule has 2 atom stereocenters. The second kappa shape index (κ2) is 6.84. The van der Waals surface area contributed by atoms with Crippen LogP contribution in [-0.4, -0.2) is 28.3 Å². The van der Waals surface area contributed by atoms with Gasteiger partial charge in [-0.05, 0) is 31.2 Å². The lowest BCUT2D eigenvalue weighted by atomic mass is 10.1. The van der Waals surface area contributed by atoms with Crippen LogP contribution < -0.4 is 10.5 Å². The number of nitrogens with zero attached hydrogens (tertiary/aromatic N) is 3. The molecule has 2 N–H and O–H groups in total. The molecule has 0 saturated heterocycles. The van der Waals surface area contributed by atoms with Gasteiger partial charge in [0.2, 0.25) is 11.8 Å². The molecule has 0 spiro atoms. The molecule has 2 unspecified atom stereocenters. The number of oxazole rings is 1. The highest BCUT2D eigenvalue weighted by Crippen LogP contribution is 2.23. The van der Waals surface area contributed by atoms with E-state index in [1.165, 1.54) is 0 Å². The maximum absolute atomic E-state index is 5.85. The second-order valence-electron chi connectivity index (χ2n) is 5.75. The molecule has 126 valence electrons. The summed E-state index contributed by atoms with van der Waals surface area (Å²) in [5.41, 5.74) is 7.47. The van der Waals surface area contributed by atoms with Gasteiger partial charge in [-0.15, -0.1) is 0 Å². The van der Waals surface area contributed by atoms with E-state index in [1.807, 2.05) is 38.1 Å². The number of benzene rings is 1. The number of hydrogen-bond donors (Lipinski definition) is 1. The third-order valence-corrected chi connectivity index (χ3v) is 3.89. The van der Waals surface area contributed by atoms with Gasteiger partial charge in [-0.2, -0.15) is 4.98 Å². The van der Waals surface area contributed by atoms with Crippen molar-refractivity contribution in [3.05, 3.63) is 47.9 Å². The minimum absolute atomic E-state index is 0.0124. The van der Waals surface area contributed by atoms with Crippen molar-refractivity contribution in [1.82, 2.24) is 15.1 Å². The molecule has 0 amide bonds. The summed E-state index contributed by atoms with van der Waals surface area (Å²) >= 11 is 0. The minimum atomic E-state index is -0.0491. The normalized spacial score (nSPS) is 13.7. The van der Waals surface area contributed by atoms with Crippen molar-refractivity contribution in [3.63, 3.8) is 0 Å². The van der Waals surface area contributed by atoms with Gasteiger partial charge >= 0.3 is 0 Å². The van der Waals surface area contributed by atoms with E-state index >= 15 is 0 Å². The topological polar surface area (TPSA) is 100 Å². The van der Waals surface area contributed by atoms with Crippen molar-refractivity contribution in [2.24, 2.45) is 5.73 Å². The first kappa shape index (κ1) is 16.2. The highest BCUT2D eigenvalue weighted by molar-refractivity contribution is 5.54. The Labute approximate surface area is 139 Å². The molecule has 2 heterocycles. The maximum atomic E-state index is 5.85. The van der Waals surface area contributed by atoms with Crippen molar-refractivity contribution < 1.29 is 13.7 Å². The van der Waals surface area contributed by atoms with Gasteiger partial charge in [0.1, 0.15) is 12.0 Å². The average Bonchev–Trinajstić information content (AvgIpc) is 3.24. The molecule has 0 radical (unpaired) electrons. The van der Waals surface area contributed by atoms with Crippen LogP contribution in [-0.2, 0) is 6.42 Å². The van der Waals surface area contributed by atoms with E-state index in [0.717, 1.165) is 17.0 Å². The predicted molar refractivity (Wildman–Crippen MR) is 87.7 cm³/mol. The molecule has 0 aliphatic rings. The molecule has 7 heteroatoms. The lowest BCUT2D eigenvalue weighted by Crippen LogP contribution is -2.22. The van der Waals surface area contributed by atoms with Crippen molar-refractivity contribution in [1.29, 1.82) is 0 Å². The number of nitrogens with two attached hydrogens (primary N) is 1. The largest absolute Gasteiger partial charge is 0.497 e. The Balaban J connectivity index is 1.72. The van der Waals surface area contributed by atoms with Crippen LogP contribution in [0, 0.1) is 0 Å². The Hall–Kier alpha value is -2.67. The molecule has 3 aromatic rings. The van der Waals surface area contributed by atoms with E-state index in [-0.39, 0.29) is 12.0 Å². The molecule has 0 saturated carbocycles. The van der Waals surface area contributed by atoms with Crippen LogP contribution in [0.3, 0.4) is 0 Å². The van der Waals surface area contributed by atoms with Gasteiger partial charge in [0.05, 0.1) is 25.1 Å². The fraction of sp³-hybridized carbons (Fsp3) is 0.353. The number of rotatable bonds is 6. The van der Waals surface area contributed by atoms with E-state index in [0.29, 0.717) is 24.0 Å². The number of methoxy groups -OCH3 is 1. The van der Waals surface area contributed by atoms with Gasteiger partial charge in [0.15, 0.2) is 5.82 Å². The van der Waals surface area contributed by atoms with E-state index in [9.17, 15) is 0 Å². The highest BCUT2D eigenvalue weighted by Gasteiger charge is 2.18. The smallest absolute Gasteiger partial charge is 0.231 e. The van der Waals surface area contributed by atoms with Gasteiger partial charge in [-0.1, -0.05) is 12.1 Å². The van der Waals surface area contributed by atoms with Crippen molar-refractivity contribution in [2.75, 3.05) is 7.11 Å². The lowest BCUT2D eigenvalue weighted by molar-refractivity contribution is 0.343. The highest BCUT2D eigenvalue weighted by atomic mass is 16.5. The van der Waals surface area contributed by atoms with Gasteiger partial charge in [0, 0.05) is 11.6 Å². The Kier molecular flexibility index (Phi) is 4.61. The molecule has 0 bridgehead atoms. The minimum Gasteiger partial charge on any atom is -0.497 e. The molecule has 1 aromatic carbocycles. The monoisotopic (exact) mass is 328 g/mol. The summed E-state index contributed by atoms with van der Waals surface area (Å²) in [5.74, 6) is 2.44. The SMILES string of the molecule is COc1ccc(-c2nc(Cc3noc(C(C)C(C)N)n3)co2)cc1. The van der Waals surface area contributed by atoms with Crippen LogP contribution in [0.25, 0.3) is 11.5 Å². The lowest BCUT2D eigenvalue weighted by Gasteiger charge is -2.09. The van der Waals surface area contributed by atoms with E-state index in [4.69, 9.17) is 19.4 Å². The maximum Gasteiger partial charge on any atom is 0.231 e. The van der Waals surface area contributed by atoms with Gasteiger partial charge in [-0.3, -0.25) is 0 Å². The Morgan fingerprint density at radius 3 is 2.58 bits per heavy atom. The zero-order valence-corrected chi connectivity index (χ0v) is 13.9. The van der Waals surface area contributed by atoms with Crippen LogP contribution in [0.1, 0.15) is 37.2 Å². The average molecular weight is 328 g/mol. The van der Waals surface area contributed by atoms with Crippen LogP contribution in [0.2, 0.25) is 0 Å². The third-order valence-electron chi connectivity index (χ3n) is 3.89. The fourth-order valence-electron chi connectivity index (χ4n) is 2.17. The Morgan fingerprint density at radius 2 is 1.92 bits per heavy atom. The first-order chi connectivity index (χ1) is 11.6. The summed E-state index contributed by atoms with van der Waals surface area (Å²) in [6.07, 6.45) is 2.04. The molecule has 0 aliphatic heterocycles. The molecule has 3 rings (SSSR count). The van der Waals surface area contributed by atoms with E-state index < -0.39 is 0 Å². The quantitative estimate of drug-likeness (QED) is 0.742. The van der Waals surface area contributed by atoms with Crippen molar-refractivity contribution >= 4 is 0 Å². The van der Waals surface area contributed by atoms with Gasteiger partial charge in [-0.25, -0.2) is 4.98 Å². The van der Waals surface area contributed by atoms with E-state index in [1.54, 1.807) is 13.4 Å². The first-order valence-corrected chi connectivity index (χ1v) is 7.73. The molecule has 7 nitrogen and oxygen atoms in total. The summed E-state index contributed by atoms with van der Waals surface area (Å²) in [6, 6.07) is 7.46. The Morgan fingerprint density at radius 1 is 1.17 bits per heavy atom. The Bertz CT molecular complexity index is 792. The van der Waals surface area contributed by atoms with Gasteiger partial charge < -0.3 is 19.4 Å².